The van der Waals surface area contributed by atoms with Crippen molar-refractivity contribution in [3.05, 3.63) is 48.6 Å². The summed E-state index contributed by atoms with van der Waals surface area (Å²) in [6, 6.07) is 0. The fraction of sp³-hybridized carbons (Fsp3) is 0.804. The summed E-state index contributed by atoms with van der Waals surface area (Å²) in [7, 11) is -4.53. The Morgan fingerprint density at radius 1 is 0.571 bits per heavy atom. The lowest BCUT2D eigenvalue weighted by molar-refractivity contribution is -0.154. The molecule has 0 spiro atoms. The molecule has 0 aliphatic rings. The Kier molecular flexibility index (Phi) is 41.8. The maximum atomic E-state index is 12.6. The molecule has 3 atom stereocenters. The quantitative estimate of drug-likeness (QED) is 0.0238. The standard InChI is InChI=1S/C46H85O9P/c1-3-5-7-9-11-13-15-17-19-20-21-22-23-24-25-26-28-30-32-34-36-38-46(49)55-45(43-54-56(50,51)53-41-44(48)40-47)42-52-39-37-35-33-31-29-27-18-16-14-12-10-8-6-4-2/h6,8,12,14,18,20-21,27,44-45,47-48H,3-5,7,9-11,13,15-17,19,22-26,28-43H2,1-2H3,(H,50,51)/b8-6-,14-12-,21-20-,27-18-. The van der Waals surface area contributed by atoms with E-state index in [9.17, 15) is 19.4 Å². The molecule has 0 rings (SSSR count). The molecule has 0 fully saturated rings. The number of phosphoric acid groups is 1. The number of aliphatic hydroxyl groups excluding tert-OH is 2. The van der Waals surface area contributed by atoms with Gasteiger partial charge in [0.15, 0.2) is 0 Å². The maximum Gasteiger partial charge on any atom is 0.472 e. The van der Waals surface area contributed by atoms with Crippen molar-refractivity contribution in [3.8, 4) is 0 Å². The van der Waals surface area contributed by atoms with Crippen LogP contribution in [0.5, 0.6) is 0 Å². The van der Waals surface area contributed by atoms with Gasteiger partial charge in [-0.1, -0.05) is 165 Å². The normalized spacial score (nSPS) is 14.4. The number of carbonyl (C=O) groups excluding carboxylic acids is 1. The Morgan fingerprint density at radius 3 is 1.55 bits per heavy atom. The van der Waals surface area contributed by atoms with Gasteiger partial charge in [-0.3, -0.25) is 13.8 Å². The molecular weight excluding hydrogens is 727 g/mol. The number of unbranched alkanes of at least 4 members (excludes halogenated alkanes) is 21. The van der Waals surface area contributed by atoms with Gasteiger partial charge in [0.2, 0.25) is 0 Å². The lowest BCUT2D eigenvalue weighted by Crippen LogP contribution is -2.29. The zero-order valence-electron chi connectivity index (χ0n) is 35.8. The highest BCUT2D eigenvalue weighted by Gasteiger charge is 2.26. The Bertz CT molecular complexity index is 1010. The molecular formula is C46H85O9P. The van der Waals surface area contributed by atoms with E-state index in [1.165, 1.54) is 103 Å². The van der Waals surface area contributed by atoms with Gasteiger partial charge in [0.1, 0.15) is 12.2 Å². The average molecular weight is 813 g/mol. The number of ether oxygens (including phenoxy) is 2. The van der Waals surface area contributed by atoms with Gasteiger partial charge in [0, 0.05) is 13.0 Å². The van der Waals surface area contributed by atoms with Crippen LogP contribution in [0.25, 0.3) is 0 Å². The second kappa shape index (κ2) is 43.0. The van der Waals surface area contributed by atoms with Crippen molar-refractivity contribution in [2.75, 3.05) is 33.0 Å². The average Bonchev–Trinajstić information content (AvgIpc) is 3.19. The van der Waals surface area contributed by atoms with Crippen LogP contribution in [0.2, 0.25) is 0 Å². The molecule has 3 unspecified atom stereocenters. The number of allylic oxidation sites excluding steroid dienone is 8. The number of carbonyl (C=O) groups is 1. The van der Waals surface area contributed by atoms with Crippen LogP contribution in [0, 0.1) is 0 Å². The maximum absolute atomic E-state index is 12.6. The van der Waals surface area contributed by atoms with Crippen LogP contribution in [0.4, 0.5) is 0 Å². The highest BCUT2D eigenvalue weighted by molar-refractivity contribution is 7.47. The topological polar surface area (TPSA) is 132 Å². The highest BCUT2D eigenvalue weighted by atomic mass is 31.2. The number of rotatable bonds is 43. The summed E-state index contributed by atoms with van der Waals surface area (Å²) in [5, 5.41) is 18.4. The smallest absolute Gasteiger partial charge is 0.457 e. The predicted molar refractivity (Wildman–Crippen MR) is 233 cm³/mol. The second-order valence-electron chi connectivity index (χ2n) is 15.0. The first-order valence-corrected chi connectivity index (χ1v) is 24.1. The minimum atomic E-state index is -4.53. The lowest BCUT2D eigenvalue weighted by atomic mass is 10.1. The molecule has 0 aromatic heterocycles. The third kappa shape index (κ3) is 42.0. The van der Waals surface area contributed by atoms with Gasteiger partial charge in [-0.15, -0.1) is 0 Å². The van der Waals surface area contributed by atoms with E-state index >= 15 is 0 Å². The van der Waals surface area contributed by atoms with Crippen LogP contribution in [0.3, 0.4) is 0 Å². The van der Waals surface area contributed by atoms with Gasteiger partial charge in [-0.05, 0) is 70.6 Å². The summed E-state index contributed by atoms with van der Waals surface area (Å²) >= 11 is 0. The SMILES string of the molecule is CC/C=C\C/C=C\C/C=C\CCCCCCOCC(COP(=O)(O)OCC(O)CO)OC(=O)CCCCCCCCCCC/C=C\CCCCCCCCCC. The number of esters is 1. The van der Waals surface area contributed by atoms with Crippen molar-refractivity contribution in [2.24, 2.45) is 0 Å². The molecule has 0 bridgehead atoms. The third-order valence-electron chi connectivity index (χ3n) is 9.50. The van der Waals surface area contributed by atoms with Crippen LogP contribution in [0.1, 0.15) is 194 Å². The Balaban J connectivity index is 4.14. The number of hydrogen-bond donors (Lipinski definition) is 3. The van der Waals surface area contributed by atoms with Gasteiger partial charge in [-0.25, -0.2) is 4.57 Å². The van der Waals surface area contributed by atoms with Crippen LogP contribution in [-0.4, -0.2) is 66.3 Å². The first kappa shape index (κ1) is 54.4. The molecule has 0 aromatic rings. The summed E-state index contributed by atoms with van der Waals surface area (Å²) in [5.74, 6) is -0.393. The monoisotopic (exact) mass is 813 g/mol. The van der Waals surface area contributed by atoms with E-state index in [1.807, 2.05) is 0 Å². The van der Waals surface area contributed by atoms with Gasteiger partial charge in [0.25, 0.3) is 0 Å². The fourth-order valence-corrected chi connectivity index (χ4v) is 6.86. The van der Waals surface area contributed by atoms with Crippen LogP contribution in [-0.2, 0) is 27.9 Å². The van der Waals surface area contributed by atoms with E-state index in [2.05, 4.69) is 62.5 Å². The van der Waals surface area contributed by atoms with Gasteiger partial charge < -0.3 is 24.6 Å². The zero-order valence-corrected chi connectivity index (χ0v) is 36.7. The summed E-state index contributed by atoms with van der Waals surface area (Å²) in [6.45, 7) is 3.36. The largest absolute Gasteiger partial charge is 0.472 e. The molecule has 3 N–H and O–H groups in total. The second-order valence-corrected chi connectivity index (χ2v) is 16.5. The Hall–Kier alpha value is -1.58. The Morgan fingerprint density at radius 2 is 1.02 bits per heavy atom. The molecule has 0 heterocycles. The van der Waals surface area contributed by atoms with E-state index in [-0.39, 0.29) is 19.6 Å². The van der Waals surface area contributed by atoms with Crippen molar-refractivity contribution in [1.29, 1.82) is 0 Å². The zero-order chi connectivity index (χ0) is 41.1. The number of hydrogen-bond acceptors (Lipinski definition) is 8. The molecule has 0 radical (unpaired) electrons. The van der Waals surface area contributed by atoms with Crippen molar-refractivity contribution in [3.63, 3.8) is 0 Å². The molecule has 0 saturated heterocycles. The summed E-state index contributed by atoms with van der Waals surface area (Å²) in [4.78, 5) is 22.6. The first-order chi connectivity index (χ1) is 27.3. The van der Waals surface area contributed by atoms with E-state index < -0.39 is 39.2 Å². The van der Waals surface area contributed by atoms with Gasteiger partial charge >= 0.3 is 13.8 Å². The predicted octanol–water partition coefficient (Wildman–Crippen LogP) is 12.6. The molecule has 0 aliphatic heterocycles. The molecule has 0 saturated carbocycles. The van der Waals surface area contributed by atoms with Gasteiger partial charge in [-0.2, -0.15) is 0 Å². The summed E-state index contributed by atoms with van der Waals surface area (Å²) in [5.41, 5.74) is 0. The lowest BCUT2D eigenvalue weighted by Gasteiger charge is -2.20. The summed E-state index contributed by atoms with van der Waals surface area (Å²) < 4.78 is 33.4. The van der Waals surface area contributed by atoms with Crippen LogP contribution < -0.4 is 0 Å². The van der Waals surface area contributed by atoms with Crippen molar-refractivity contribution >= 4 is 13.8 Å². The number of phosphoric ester groups is 1. The number of aliphatic hydroxyl groups is 2. The minimum absolute atomic E-state index is 0.0328. The van der Waals surface area contributed by atoms with Crippen LogP contribution in [0.15, 0.2) is 48.6 Å². The van der Waals surface area contributed by atoms with E-state index in [1.54, 1.807) is 0 Å². The van der Waals surface area contributed by atoms with Crippen molar-refractivity contribution < 1.29 is 43.0 Å². The molecule has 56 heavy (non-hydrogen) atoms. The molecule has 0 aromatic carbocycles. The molecule has 0 aliphatic carbocycles. The van der Waals surface area contributed by atoms with Crippen molar-refractivity contribution in [2.45, 2.75) is 206 Å². The van der Waals surface area contributed by atoms with E-state index in [0.717, 1.165) is 70.6 Å². The highest BCUT2D eigenvalue weighted by Crippen LogP contribution is 2.43. The molecule has 328 valence electrons. The van der Waals surface area contributed by atoms with Crippen LogP contribution >= 0.6 is 7.82 Å². The fourth-order valence-electron chi connectivity index (χ4n) is 6.07. The van der Waals surface area contributed by atoms with Gasteiger partial charge in [0.05, 0.1) is 26.4 Å². The summed E-state index contributed by atoms with van der Waals surface area (Å²) in [6.07, 6.45) is 47.9. The molecule has 10 heteroatoms. The molecule has 0 amide bonds. The third-order valence-corrected chi connectivity index (χ3v) is 10.4. The minimum Gasteiger partial charge on any atom is -0.457 e. The van der Waals surface area contributed by atoms with Crippen molar-refractivity contribution in [1.82, 2.24) is 0 Å². The Labute approximate surface area is 343 Å². The van der Waals surface area contributed by atoms with E-state index in [4.69, 9.17) is 23.6 Å². The molecule has 9 nitrogen and oxygen atoms in total. The first-order valence-electron chi connectivity index (χ1n) is 22.6. The van der Waals surface area contributed by atoms with E-state index in [0.29, 0.717) is 6.61 Å².